The number of methoxy groups -OCH3 is 1. The zero-order valence-corrected chi connectivity index (χ0v) is 16.3. The van der Waals surface area contributed by atoms with E-state index in [4.69, 9.17) is 9.47 Å². The van der Waals surface area contributed by atoms with Gasteiger partial charge in [-0.3, -0.25) is 4.79 Å². The highest BCUT2D eigenvalue weighted by atomic mass is 35.5. The smallest absolute Gasteiger partial charge is 0.253 e. The van der Waals surface area contributed by atoms with Crippen LogP contribution in [0.5, 0.6) is 11.5 Å². The molecule has 0 bridgehead atoms. The van der Waals surface area contributed by atoms with Crippen molar-refractivity contribution >= 4 is 24.4 Å². The van der Waals surface area contributed by atoms with Gasteiger partial charge >= 0.3 is 0 Å². The largest absolute Gasteiger partial charge is 0.497 e. The highest BCUT2D eigenvalue weighted by Gasteiger charge is 2.31. The molecule has 2 aliphatic heterocycles. The molecule has 0 aliphatic carbocycles. The maximum absolute atomic E-state index is 13.7. The summed E-state index contributed by atoms with van der Waals surface area (Å²) in [6, 6.07) is 11.7. The standard InChI is InChI=1S/C21H21FN2O3.ClH/c1-26-18-5-6-20-15(11-18)9-16(13-27-20)21(25)24-8-7-23-12-19(24)14-3-2-4-17(22)10-14;/h2-6,9-11,19,23H,7-8,12-13H2,1H3;1H. The van der Waals surface area contributed by atoms with Gasteiger partial charge in [0, 0.05) is 25.2 Å². The van der Waals surface area contributed by atoms with Gasteiger partial charge in [0.15, 0.2) is 0 Å². The minimum Gasteiger partial charge on any atom is -0.497 e. The fourth-order valence-electron chi connectivity index (χ4n) is 3.55. The van der Waals surface area contributed by atoms with E-state index in [1.54, 1.807) is 18.1 Å². The number of hydrogen-bond acceptors (Lipinski definition) is 4. The number of nitrogens with one attached hydrogen (secondary N) is 1. The van der Waals surface area contributed by atoms with Crippen LogP contribution in [0.1, 0.15) is 17.2 Å². The van der Waals surface area contributed by atoms with Gasteiger partial charge < -0.3 is 19.7 Å². The normalized spacial score (nSPS) is 18.3. The van der Waals surface area contributed by atoms with Crippen LogP contribution in [0, 0.1) is 5.82 Å². The molecule has 0 spiro atoms. The summed E-state index contributed by atoms with van der Waals surface area (Å²) in [5.74, 6) is 1.06. The summed E-state index contributed by atoms with van der Waals surface area (Å²) in [6.45, 7) is 2.07. The van der Waals surface area contributed by atoms with Crippen molar-refractivity contribution in [3.8, 4) is 11.5 Å². The lowest BCUT2D eigenvalue weighted by molar-refractivity contribution is -0.130. The maximum atomic E-state index is 13.7. The van der Waals surface area contributed by atoms with E-state index < -0.39 is 0 Å². The van der Waals surface area contributed by atoms with E-state index in [1.807, 2.05) is 30.3 Å². The predicted octanol–water partition coefficient (Wildman–Crippen LogP) is 3.21. The fourth-order valence-corrected chi connectivity index (χ4v) is 3.55. The lowest BCUT2D eigenvalue weighted by Gasteiger charge is -2.37. The Morgan fingerprint density at radius 3 is 2.93 bits per heavy atom. The van der Waals surface area contributed by atoms with Crippen LogP contribution in [-0.4, -0.2) is 44.2 Å². The van der Waals surface area contributed by atoms with Crippen molar-refractivity contribution in [3.05, 3.63) is 65.0 Å². The van der Waals surface area contributed by atoms with Crippen LogP contribution in [0.3, 0.4) is 0 Å². The molecular weight excluding hydrogens is 383 g/mol. The van der Waals surface area contributed by atoms with Gasteiger partial charge in [0.25, 0.3) is 5.91 Å². The predicted molar refractivity (Wildman–Crippen MR) is 107 cm³/mol. The first-order chi connectivity index (χ1) is 13.2. The highest BCUT2D eigenvalue weighted by molar-refractivity contribution is 5.99. The lowest BCUT2D eigenvalue weighted by atomic mass is 10.0. The molecule has 2 aromatic rings. The zero-order chi connectivity index (χ0) is 18.8. The van der Waals surface area contributed by atoms with E-state index in [-0.39, 0.29) is 36.8 Å². The summed E-state index contributed by atoms with van der Waals surface area (Å²) in [5, 5.41) is 3.29. The van der Waals surface area contributed by atoms with E-state index in [0.29, 0.717) is 31.0 Å². The Balaban J connectivity index is 0.00000225. The number of amides is 1. The first-order valence-electron chi connectivity index (χ1n) is 8.94. The number of carbonyl (C=O) groups excluding carboxylic acids is 1. The zero-order valence-electron chi connectivity index (χ0n) is 15.5. The van der Waals surface area contributed by atoms with Gasteiger partial charge in [-0.05, 0) is 42.0 Å². The van der Waals surface area contributed by atoms with Crippen molar-refractivity contribution in [3.63, 3.8) is 0 Å². The van der Waals surface area contributed by atoms with Gasteiger partial charge in [0.05, 0.1) is 18.7 Å². The van der Waals surface area contributed by atoms with Crippen molar-refractivity contribution in [2.45, 2.75) is 6.04 Å². The number of hydrogen-bond donors (Lipinski definition) is 1. The van der Waals surface area contributed by atoms with Gasteiger partial charge in [0.1, 0.15) is 23.9 Å². The number of fused-ring (bicyclic) bond motifs is 1. The van der Waals surface area contributed by atoms with Gasteiger partial charge in [0.2, 0.25) is 0 Å². The highest BCUT2D eigenvalue weighted by Crippen LogP contribution is 2.32. The van der Waals surface area contributed by atoms with Crippen molar-refractivity contribution in [2.75, 3.05) is 33.4 Å². The van der Waals surface area contributed by atoms with E-state index in [2.05, 4.69) is 5.32 Å². The molecule has 7 heteroatoms. The molecule has 0 aromatic heterocycles. The van der Waals surface area contributed by atoms with Crippen LogP contribution < -0.4 is 14.8 Å². The Morgan fingerprint density at radius 2 is 2.14 bits per heavy atom. The third-order valence-corrected chi connectivity index (χ3v) is 4.94. The molecule has 1 unspecified atom stereocenters. The Morgan fingerprint density at radius 1 is 1.29 bits per heavy atom. The van der Waals surface area contributed by atoms with Crippen LogP contribution >= 0.6 is 12.4 Å². The van der Waals surface area contributed by atoms with Crippen molar-refractivity contribution in [1.29, 1.82) is 0 Å². The number of ether oxygens (including phenoxy) is 2. The van der Waals surface area contributed by atoms with Gasteiger partial charge in [-0.25, -0.2) is 4.39 Å². The average Bonchev–Trinajstić information content (AvgIpc) is 2.72. The molecule has 0 radical (unpaired) electrons. The van der Waals surface area contributed by atoms with E-state index >= 15 is 0 Å². The molecule has 2 heterocycles. The molecule has 148 valence electrons. The first-order valence-corrected chi connectivity index (χ1v) is 8.94. The number of carbonyl (C=O) groups is 1. The monoisotopic (exact) mass is 404 g/mol. The molecule has 1 fully saturated rings. The summed E-state index contributed by atoms with van der Waals surface area (Å²) in [5.41, 5.74) is 2.19. The van der Waals surface area contributed by atoms with Crippen LogP contribution in [0.15, 0.2) is 48.0 Å². The van der Waals surface area contributed by atoms with Gasteiger partial charge in [-0.2, -0.15) is 0 Å². The number of rotatable bonds is 3. The minimum absolute atomic E-state index is 0. The summed E-state index contributed by atoms with van der Waals surface area (Å²) in [4.78, 5) is 15.0. The molecule has 1 amide bonds. The first kappa shape index (κ1) is 20.2. The summed E-state index contributed by atoms with van der Waals surface area (Å²) in [6.07, 6.45) is 1.86. The Kier molecular flexibility index (Phi) is 6.21. The van der Waals surface area contributed by atoms with Gasteiger partial charge in [-0.1, -0.05) is 12.1 Å². The average molecular weight is 405 g/mol. The Labute approximate surface area is 169 Å². The van der Waals surface area contributed by atoms with Crippen molar-refractivity contribution < 1.29 is 18.7 Å². The molecule has 2 aromatic carbocycles. The van der Waals surface area contributed by atoms with Crippen LogP contribution in [0.25, 0.3) is 6.08 Å². The second-order valence-corrected chi connectivity index (χ2v) is 6.64. The molecule has 2 aliphatic rings. The maximum Gasteiger partial charge on any atom is 0.253 e. The fraction of sp³-hybridized carbons (Fsp3) is 0.286. The number of nitrogens with zero attached hydrogens (tertiary/aromatic N) is 1. The summed E-state index contributed by atoms with van der Waals surface area (Å²) < 4.78 is 24.7. The third kappa shape index (κ3) is 3.98. The molecule has 1 atom stereocenters. The number of benzene rings is 2. The SMILES string of the molecule is COc1ccc2c(c1)C=C(C(=O)N1CCNCC1c1cccc(F)c1)CO2.Cl. The molecule has 0 saturated carbocycles. The number of halogens is 2. The quantitative estimate of drug-likeness (QED) is 0.853. The molecular formula is C21H22ClFN2O3. The molecule has 1 N–H and O–H groups in total. The third-order valence-electron chi connectivity index (χ3n) is 4.94. The summed E-state index contributed by atoms with van der Waals surface area (Å²) >= 11 is 0. The van der Waals surface area contributed by atoms with Crippen LogP contribution in [0.2, 0.25) is 0 Å². The van der Waals surface area contributed by atoms with Crippen LogP contribution in [-0.2, 0) is 4.79 Å². The Hall–Kier alpha value is -2.57. The van der Waals surface area contributed by atoms with Gasteiger partial charge in [-0.15, -0.1) is 12.4 Å². The van der Waals surface area contributed by atoms with E-state index in [9.17, 15) is 9.18 Å². The van der Waals surface area contributed by atoms with Crippen LogP contribution in [0.4, 0.5) is 4.39 Å². The van der Waals surface area contributed by atoms with Crippen molar-refractivity contribution in [1.82, 2.24) is 10.2 Å². The molecule has 28 heavy (non-hydrogen) atoms. The Bertz CT molecular complexity index is 903. The van der Waals surface area contributed by atoms with E-state index in [1.165, 1.54) is 12.1 Å². The van der Waals surface area contributed by atoms with E-state index in [0.717, 1.165) is 16.9 Å². The molecule has 4 rings (SSSR count). The topological polar surface area (TPSA) is 50.8 Å². The lowest BCUT2D eigenvalue weighted by Crippen LogP contribution is -2.49. The minimum atomic E-state index is -0.299. The summed E-state index contributed by atoms with van der Waals surface area (Å²) in [7, 11) is 1.60. The van der Waals surface area contributed by atoms with Crippen molar-refractivity contribution in [2.24, 2.45) is 0 Å². The second kappa shape index (κ2) is 8.63. The molecule has 5 nitrogen and oxygen atoms in total. The second-order valence-electron chi connectivity index (χ2n) is 6.64. The number of piperazine rings is 1. The molecule has 1 saturated heterocycles.